The van der Waals surface area contributed by atoms with Crippen molar-refractivity contribution < 1.29 is 4.79 Å². The third-order valence-corrected chi connectivity index (χ3v) is 3.71. The molecule has 1 amide bonds. The molecule has 1 aromatic heterocycles. The number of pyridine rings is 1. The summed E-state index contributed by atoms with van der Waals surface area (Å²) in [5, 5.41) is 4.26. The van der Waals surface area contributed by atoms with Crippen LogP contribution < -0.4 is 5.43 Å². The largest absolute Gasteiger partial charge is 0.289 e. The lowest BCUT2D eigenvalue weighted by molar-refractivity contribution is 0.0949. The molecule has 88 valence electrons. The molecule has 4 nitrogen and oxygen atoms in total. The van der Waals surface area contributed by atoms with Gasteiger partial charge in [0.15, 0.2) is 0 Å². The van der Waals surface area contributed by atoms with Crippen LogP contribution in [0.25, 0.3) is 0 Å². The zero-order valence-electron chi connectivity index (χ0n) is 9.60. The Hall–Kier alpha value is -1.71. The smallest absolute Gasteiger partial charge is 0.266 e. The molecule has 2 aliphatic carbocycles. The second-order valence-electron chi connectivity index (χ2n) is 4.84. The molecule has 0 aromatic carbocycles. The topological polar surface area (TPSA) is 54.4 Å². The van der Waals surface area contributed by atoms with E-state index < -0.39 is 0 Å². The monoisotopic (exact) mass is 229 g/mol. The fourth-order valence-corrected chi connectivity index (χ4v) is 2.84. The minimum absolute atomic E-state index is 0.221. The Labute approximate surface area is 100 Å². The summed E-state index contributed by atoms with van der Waals surface area (Å²) >= 11 is 0. The Morgan fingerprint density at radius 3 is 3.00 bits per heavy atom. The third kappa shape index (κ3) is 2.07. The van der Waals surface area contributed by atoms with Gasteiger partial charge in [0.2, 0.25) is 0 Å². The number of carbonyl (C=O) groups excluding carboxylic acids is 1. The molecule has 2 saturated carbocycles. The fourth-order valence-electron chi connectivity index (χ4n) is 2.84. The minimum atomic E-state index is -0.221. The number of hydrogen-bond donors (Lipinski definition) is 1. The predicted octanol–water partition coefficient (Wildman–Crippen LogP) is 1.99. The van der Waals surface area contributed by atoms with Gasteiger partial charge in [-0.3, -0.25) is 9.78 Å². The van der Waals surface area contributed by atoms with E-state index >= 15 is 0 Å². The summed E-state index contributed by atoms with van der Waals surface area (Å²) in [7, 11) is 0. The molecule has 1 heterocycles. The minimum Gasteiger partial charge on any atom is -0.266 e. The standard InChI is InChI=1S/C13H15N3O/c17-13(11-3-1-2-6-14-11)16-15-12-8-9-4-5-10(12)7-9/h1-3,6,9-10H,4-5,7-8H2,(H,16,17). The fraction of sp³-hybridized carbons (Fsp3) is 0.462. The Morgan fingerprint density at radius 2 is 2.35 bits per heavy atom. The van der Waals surface area contributed by atoms with Gasteiger partial charge in [-0.15, -0.1) is 0 Å². The van der Waals surface area contributed by atoms with Crippen LogP contribution in [0.5, 0.6) is 0 Å². The van der Waals surface area contributed by atoms with Crippen LogP contribution in [0, 0.1) is 11.8 Å². The van der Waals surface area contributed by atoms with E-state index in [1.54, 1.807) is 24.4 Å². The van der Waals surface area contributed by atoms with Crippen molar-refractivity contribution >= 4 is 11.6 Å². The van der Waals surface area contributed by atoms with Gasteiger partial charge in [0.1, 0.15) is 5.69 Å². The van der Waals surface area contributed by atoms with Crippen LogP contribution in [0.15, 0.2) is 29.5 Å². The summed E-state index contributed by atoms with van der Waals surface area (Å²) in [6.45, 7) is 0. The lowest BCUT2D eigenvalue weighted by Gasteiger charge is -2.11. The molecule has 2 bridgehead atoms. The molecule has 17 heavy (non-hydrogen) atoms. The predicted molar refractivity (Wildman–Crippen MR) is 64.6 cm³/mol. The van der Waals surface area contributed by atoms with Gasteiger partial charge in [-0.1, -0.05) is 6.07 Å². The van der Waals surface area contributed by atoms with Crippen LogP contribution >= 0.6 is 0 Å². The van der Waals surface area contributed by atoms with E-state index in [2.05, 4.69) is 15.5 Å². The van der Waals surface area contributed by atoms with E-state index in [4.69, 9.17) is 0 Å². The first kappa shape index (κ1) is 10.4. The highest BCUT2D eigenvalue weighted by Crippen LogP contribution is 2.42. The van der Waals surface area contributed by atoms with Crippen molar-refractivity contribution in [3.63, 3.8) is 0 Å². The van der Waals surface area contributed by atoms with E-state index in [0.29, 0.717) is 11.6 Å². The van der Waals surface area contributed by atoms with Crippen molar-refractivity contribution in [1.82, 2.24) is 10.4 Å². The molecule has 1 aromatic rings. The molecule has 0 aliphatic heterocycles. The Morgan fingerprint density at radius 1 is 1.41 bits per heavy atom. The molecular weight excluding hydrogens is 214 g/mol. The number of hydrazone groups is 1. The molecule has 0 radical (unpaired) electrons. The van der Waals surface area contributed by atoms with Crippen molar-refractivity contribution in [1.29, 1.82) is 0 Å². The highest BCUT2D eigenvalue weighted by molar-refractivity contribution is 5.95. The molecule has 4 heteroatoms. The van der Waals surface area contributed by atoms with Gasteiger partial charge in [0, 0.05) is 11.9 Å². The van der Waals surface area contributed by atoms with Crippen LogP contribution in [0.3, 0.4) is 0 Å². The molecule has 2 unspecified atom stereocenters. The number of aromatic nitrogens is 1. The first-order valence-electron chi connectivity index (χ1n) is 6.11. The van der Waals surface area contributed by atoms with Crippen LogP contribution in [-0.4, -0.2) is 16.6 Å². The van der Waals surface area contributed by atoms with Crippen molar-refractivity contribution in [3.8, 4) is 0 Å². The molecule has 2 aliphatic rings. The van der Waals surface area contributed by atoms with Crippen molar-refractivity contribution in [2.24, 2.45) is 16.9 Å². The van der Waals surface area contributed by atoms with Crippen molar-refractivity contribution in [2.75, 3.05) is 0 Å². The van der Waals surface area contributed by atoms with Gasteiger partial charge in [-0.25, -0.2) is 5.43 Å². The molecule has 2 atom stereocenters. The van der Waals surface area contributed by atoms with Crippen LogP contribution in [0.2, 0.25) is 0 Å². The summed E-state index contributed by atoms with van der Waals surface area (Å²) in [6.07, 6.45) is 6.51. The number of carbonyl (C=O) groups is 1. The Balaban J connectivity index is 1.65. The van der Waals surface area contributed by atoms with E-state index in [0.717, 1.165) is 12.3 Å². The normalized spacial score (nSPS) is 28.6. The van der Waals surface area contributed by atoms with Crippen LogP contribution in [-0.2, 0) is 0 Å². The average molecular weight is 229 g/mol. The zero-order valence-corrected chi connectivity index (χ0v) is 9.60. The van der Waals surface area contributed by atoms with E-state index in [1.165, 1.54) is 25.0 Å². The summed E-state index contributed by atoms with van der Waals surface area (Å²) in [5.41, 5.74) is 4.20. The second-order valence-corrected chi connectivity index (χ2v) is 4.84. The summed E-state index contributed by atoms with van der Waals surface area (Å²) < 4.78 is 0. The van der Waals surface area contributed by atoms with Crippen LogP contribution in [0.1, 0.15) is 36.2 Å². The number of hydrogen-bond acceptors (Lipinski definition) is 3. The lowest BCUT2D eigenvalue weighted by atomic mass is 9.99. The van der Waals surface area contributed by atoms with Crippen LogP contribution in [0.4, 0.5) is 0 Å². The average Bonchev–Trinajstić information content (AvgIpc) is 2.99. The number of fused-ring (bicyclic) bond motifs is 2. The van der Waals surface area contributed by atoms with E-state index in [9.17, 15) is 4.79 Å². The van der Waals surface area contributed by atoms with Gasteiger partial charge in [0.25, 0.3) is 5.91 Å². The summed E-state index contributed by atoms with van der Waals surface area (Å²) in [4.78, 5) is 15.7. The molecule has 1 N–H and O–H groups in total. The Bertz CT molecular complexity index is 455. The SMILES string of the molecule is O=C(NN=C1CC2CCC1C2)c1ccccn1. The molecule has 0 saturated heterocycles. The zero-order chi connectivity index (χ0) is 11.7. The van der Waals surface area contributed by atoms with Gasteiger partial charge < -0.3 is 0 Å². The third-order valence-electron chi connectivity index (χ3n) is 3.71. The quantitative estimate of drug-likeness (QED) is 0.788. The second kappa shape index (κ2) is 4.28. The van der Waals surface area contributed by atoms with E-state index in [-0.39, 0.29) is 5.91 Å². The number of nitrogens with one attached hydrogen (secondary N) is 1. The van der Waals surface area contributed by atoms with Gasteiger partial charge in [-0.2, -0.15) is 5.10 Å². The van der Waals surface area contributed by atoms with Crippen molar-refractivity contribution in [3.05, 3.63) is 30.1 Å². The first-order chi connectivity index (χ1) is 8.33. The highest BCUT2D eigenvalue weighted by Gasteiger charge is 2.36. The number of nitrogens with zero attached hydrogens (tertiary/aromatic N) is 2. The summed E-state index contributed by atoms with van der Waals surface area (Å²) in [5.74, 6) is 1.20. The molecule has 2 fully saturated rings. The maximum atomic E-state index is 11.7. The molecule has 3 rings (SSSR count). The maximum Gasteiger partial charge on any atom is 0.289 e. The van der Waals surface area contributed by atoms with E-state index in [1.807, 2.05) is 0 Å². The van der Waals surface area contributed by atoms with Gasteiger partial charge in [-0.05, 0) is 49.7 Å². The van der Waals surface area contributed by atoms with Gasteiger partial charge >= 0.3 is 0 Å². The maximum absolute atomic E-state index is 11.7. The number of amides is 1. The molecular formula is C13H15N3O. The lowest BCUT2D eigenvalue weighted by Crippen LogP contribution is -2.22. The van der Waals surface area contributed by atoms with Gasteiger partial charge in [0.05, 0.1) is 0 Å². The highest BCUT2D eigenvalue weighted by atomic mass is 16.2. The Kier molecular flexibility index (Phi) is 2.63. The molecule has 0 spiro atoms. The summed E-state index contributed by atoms with van der Waals surface area (Å²) in [6, 6.07) is 5.28. The number of rotatable bonds is 2. The first-order valence-corrected chi connectivity index (χ1v) is 6.11. The van der Waals surface area contributed by atoms with Crippen molar-refractivity contribution in [2.45, 2.75) is 25.7 Å².